The number of methoxy groups -OCH3 is 1. The maximum atomic E-state index is 12.3. The molecule has 2 aromatic rings. The van der Waals surface area contributed by atoms with Gasteiger partial charge >= 0.3 is 5.97 Å². The number of rotatable bonds is 8. The lowest BCUT2D eigenvalue weighted by atomic mass is 10.1. The number of hydrogen-bond acceptors (Lipinski definition) is 6. The fourth-order valence-corrected chi connectivity index (χ4v) is 2.80. The van der Waals surface area contributed by atoms with E-state index in [1.54, 1.807) is 42.6 Å². The molecule has 0 fully saturated rings. The molecule has 2 N–H and O–H groups in total. The van der Waals surface area contributed by atoms with Crippen LogP contribution in [-0.4, -0.2) is 44.1 Å². The van der Waals surface area contributed by atoms with Gasteiger partial charge in [0.25, 0.3) is 11.8 Å². The Bertz CT molecular complexity index is 761. The molecule has 1 aromatic heterocycles. The highest BCUT2D eigenvalue weighted by Gasteiger charge is 2.17. The average molecular weight is 376 g/mol. The highest BCUT2D eigenvalue weighted by molar-refractivity contribution is 7.12. The van der Waals surface area contributed by atoms with Crippen LogP contribution >= 0.6 is 11.3 Å². The summed E-state index contributed by atoms with van der Waals surface area (Å²) in [5.74, 6) is -1.43. The van der Waals surface area contributed by atoms with Crippen LogP contribution in [-0.2, 0) is 14.3 Å². The van der Waals surface area contributed by atoms with Gasteiger partial charge in [0.15, 0.2) is 6.61 Å². The van der Waals surface area contributed by atoms with Gasteiger partial charge in [0.1, 0.15) is 0 Å². The summed E-state index contributed by atoms with van der Waals surface area (Å²) in [6.07, 6.45) is 0. The van der Waals surface area contributed by atoms with Crippen molar-refractivity contribution < 1.29 is 23.9 Å². The van der Waals surface area contributed by atoms with Crippen LogP contribution in [0.4, 0.5) is 5.69 Å². The fourth-order valence-electron chi connectivity index (χ4n) is 2.18. The van der Waals surface area contributed by atoms with E-state index in [0.717, 1.165) is 0 Å². The highest BCUT2D eigenvalue weighted by Crippen LogP contribution is 2.18. The first-order chi connectivity index (χ1) is 12.5. The Labute approximate surface area is 155 Å². The van der Waals surface area contributed by atoms with E-state index in [4.69, 9.17) is 9.47 Å². The molecule has 0 aliphatic rings. The van der Waals surface area contributed by atoms with Gasteiger partial charge in [0, 0.05) is 13.2 Å². The van der Waals surface area contributed by atoms with Gasteiger partial charge in [-0.2, -0.15) is 0 Å². The van der Waals surface area contributed by atoms with Crippen molar-refractivity contribution in [2.45, 2.75) is 13.0 Å². The fraction of sp³-hybridized carbons (Fsp3) is 0.278. The Morgan fingerprint density at radius 2 is 1.92 bits per heavy atom. The first kappa shape index (κ1) is 19.6. The number of thiophene rings is 1. The molecule has 1 unspecified atom stereocenters. The Hall–Kier alpha value is -2.71. The summed E-state index contributed by atoms with van der Waals surface area (Å²) in [5.41, 5.74) is 0.499. The summed E-state index contributed by atoms with van der Waals surface area (Å²) in [7, 11) is 1.53. The molecule has 0 spiro atoms. The van der Waals surface area contributed by atoms with E-state index < -0.39 is 18.5 Å². The SMILES string of the molecule is COCC(C)NC(=O)COC(=O)c1ccccc1NC(=O)c1cccs1. The lowest BCUT2D eigenvalue weighted by molar-refractivity contribution is -0.125. The van der Waals surface area contributed by atoms with Gasteiger partial charge in [-0.1, -0.05) is 18.2 Å². The summed E-state index contributed by atoms with van der Waals surface area (Å²) in [4.78, 5) is 36.7. The number of anilines is 1. The molecular weight excluding hydrogens is 356 g/mol. The molecule has 0 aliphatic heterocycles. The zero-order chi connectivity index (χ0) is 18.9. The van der Waals surface area contributed by atoms with Crippen molar-refractivity contribution >= 4 is 34.8 Å². The number of carbonyl (C=O) groups is 3. The Balaban J connectivity index is 1.96. The Morgan fingerprint density at radius 3 is 2.62 bits per heavy atom. The van der Waals surface area contributed by atoms with Crippen molar-refractivity contribution in [2.24, 2.45) is 0 Å². The van der Waals surface area contributed by atoms with Crippen molar-refractivity contribution in [3.8, 4) is 0 Å². The van der Waals surface area contributed by atoms with E-state index in [1.165, 1.54) is 24.5 Å². The average Bonchev–Trinajstić information content (AvgIpc) is 3.15. The van der Waals surface area contributed by atoms with Crippen LogP contribution in [0.15, 0.2) is 41.8 Å². The van der Waals surface area contributed by atoms with E-state index in [9.17, 15) is 14.4 Å². The molecule has 0 aliphatic carbocycles. The Kier molecular flexibility index (Phi) is 7.31. The summed E-state index contributed by atoms with van der Waals surface area (Å²) in [5, 5.41) is 7.12. The first-order valence-electron chi connectivity index (χ1n) is 7.90. The third kappa shape index (κ3) is 5.68. The van der Waals surface area contributed by atoms with Crippen LogP contribution in [0.25, 0.3) is 0 Å². The Morgan fingerprint density at radius 1 is 1.15 bits per heavy atom. The second kappa shape index (κ2) is 9.69. The van der Waals surface area contributed by atoms with Crippen molar-refractivity contribution in [2.75, 3.05) is 25.6 Å². The minimum Gasteiger partial charge on any atom is -0.452 e. The van der Waals surface area contributed by atoms with E-state index in [1.807, 2.05) is 0 Å². The van der Waals surface area contributed by atoms with Crippen molar-refractivity contribution in [1.29, 1.82) is 0 Å². The second-order valence-corrected chi connectivity index (χ2v) is 6.42. The van der Waals surface area contributed by atoms with Crippen LogP contribution in [0.2, 0.25) is 0 Å². The summed E-state index contributed by atoms with van der Waals surface area (Å²) in [6, 6.07) is 9.73. The van der Waals surface area contributed by atoms with Gasteiger partial charge in [-0.05, 0) is 30.5 Å². The van der Waals surface area contributed by atoms with E-state index in [0.29, 0.717) is 17.2 Å². The molecule has 1 aromatic carbocycles. The molecular formula is C18H20N2O5S. The molecule has 26 heavy (non-hydrogen) atoms. The number of amides is 2. The molecule has 8 heteroatoms. The van der Waals surface area contributed by atoms with E-state index in [-0.39, 0.29) is 17.5 Å². The summed E-state index contributed by atoms with van der Waals surface area (Å²) < 4.78 is 9.96. The van der Waals surface area contributed by atoms with Gasteiger partial charge in [0.2, 0.25) is 0 Å². The maximum Gasteiger partial charge on any atom is 0.340 e. The zero-order valence-corrected chi connectivity index (χ0v) is 15.3. The second-order valence-electron chi connectivity index (χ2n) is 5.48. The van der Waals surface area contributed by atoms with Crippen molar-refractivity contribution in [3.63, 3.8) is 0 Å². The molecule has 2 amide bonds. The van der Waals surface area contributed by atoms with Crippen LogP contribution < -0.4 is 10.6 Å². The van der Waals surface area contributed by atoms with Gasteiger partial charge in [-0.15, -0.1) is 11.3 Å². The molecule has 1 heterocycles. The minimum absolute atomic E-state index is 0.176. The zero-order valence-electron chi connectivity index (χ0n) is 14.5. The van der Waals surface area contributed by atoms with Gasteiger partial charge in [0.05, 0.1) is 22.7 Å². The molecule has 138 valence electrons. The normalized spacial score (nSPS) is 11.5. The quantitative estimate of drug-likeness (QED) is 0.690. The third-order valence-electron chi connectivity index (χ3n) is 3.30. The number of para-hydroxylation sites is 1. The molecule has 1 atom stereocenters. The maximum absolute atomic E-state index is 12.3. The predicted octanol–water partition coefficient (Wildman–Crippen LogP) is 2.31. The molecule has 7 nitrogen and oxygen atoms in total. The monoisotopic (exact) mass is 376 g/mol. The molecule has 0 saturated carbocycles. The first-order valence-corrected chi connectivity index (χ1v) is 8.78. The van der Waals surface area contributed by atoms with Crippen molar-refractivity contribution in [3.05, 3.63) is 52.2 Å². The van der Waals surface area contributed by atoms with Gasteiger partial charge < -0.3 is 20.1 Å². The molecule has 0 bridgehead atoms. The minimum atomic E-state index is -0.693. The lowest BCUT2D eigenvalue weighted by Crippen LogP contribution is -2.38. The lowest BCUT2D eigenvalue weighted by Gasteiger charge is -2.13. The highest BCUT2D eigenvalue weighted by atomic mass is 32.1. The van der Waals surface area contributed by atoms with E-state index >= 15 is 0 Å². The molecule has 2 rings (SSSR count). The number of carbonyl (C=O) groups excluding carboxylic acids is 3. The number of esters is 1. The van der Waals surface area contributed by atoms with Crippen LogP contribution in [0.1, 0.15) is 27.0 Å². The number of hydrogen-bond donors (Lipinski definition) is 2. The van der Waals surface area contributed by atoms with Crippen LogP contribution in [0.3, 0.4) is 0 Å². The van der Waals surface area contributed by atoms with Gasteiger partial charge in [-0.25, -0.2) is 4.79 Å². The molecule has 0 saturated heterocycles. The predicted molar refractivity (Wildman–Crippen MR) is 98.5 cm³/mol. The summed E-state index contributed by atoms with van der Waals surface area (Å²) in [6.45, 7) is 1.72. The molecule has 0 radical (unpaired) electrons. The number of benzene rings is 1. The smallest absolute Gasteiger partial charge is 0.340 e. The summed E-state index contributed by atoms with van der Waals surface area (Å²) >= 11 is 1.30. The topological polar surface area (TPSA) is 93.7 Å². The van der Waals surface area contributed by atoms with Crippen LogP contribution in [0.5, 0.6) is 0 Å². The van der Waals surface area contributed by atoms with Crippen molar-refractivity contribution in [1.82, 2.24) is 5.32 Å². The number of nitrogens with one attached hydrogen (secondary N) is 2. The van der Waals surface area contributed by atoms with E-state index in [2.05, 4.69) is 10.6 Å². The number of ether oxygens (including phenoxy) is 2. The van der Waals surface area contributed by atoms with Gasteiger partial charge in [-0.3, -0.25) is 9.59 Å². The van der Waals surface area contributed by atoms with Crippen LogP contribution in [0, 0.1) is 0 Å². The standard InChI is InChI=1S/C18H20N2O5S/c1-12(10-24-2)19-16(21)11-25-18(23)13-6-3-4-7-14(13)20-17(22)15-8-5-9-26-15/h3-9,12H,10-11H2,1-2H3,(H,19,21)(H,20,22). The third-order valence-corrected chi connectivity index (χ3v) is 4.17. The largest absolute Gasteiger partial charge is 0.452 e.